The summed E-state index contributed by atoms with van der Waals surface area (Å²) in [5.74, 6) is -2.51. The van der Waals surface area contributed by atoms with Gasteiger partial charge in [-0.3, -0.25) is 4.90 Å². The number of carboxylic acids is 2. The third kappa shape index (κ3) is 8.67. The molecular weight excluding hydrogens is 344 g/mol. The molecule has 1 aliphatic rings. The van der Waals surface area contributed by atoms with E-state index in [1.54, 1.807) is 0 Å². The van der Waals surface area contributed by atoms with Crippen LogP contribution in [-0.4, -0.2) is 52.2 Å². The van der Waals surface area contributed by atoms with Gasteiger partial charge in [-0.1, -0.05) is 23.7 Å². The molecule has 1 aromatic rings. The number of benzene rings is 1. The zero-order valence-corrected chi connectivity index (χ0v) is 15.2. The van der Waals surface area contributed by atoms with Crippen molar-refractivity contribution in [2.45, 2.75) is 38.9 Å². The van der Waals surface area contributed by atoms with Crippen molar-refractivity contribution in [1.29, 1.82) is 0 Å². The Morgan fingerprint density at radius 2 is 1.96 bits per heavy atom. The summed E-state index contributed by atoms with van der Waals surface area (Å²) in [4.78, 5) is 21.7. The van der Waals surface area contributed by atoms with E-state index in [-0.39, 0.29) is 0 Å². The molecule has 0 aromatic heterocycles. The Labute approximate surface area is 153 Å². The molecule has 0 amide bonds. The summed E-state index contributed by atoms with van der Waals surface area (Å²) in [6.45, 7) is 7.78. The number of aliphatic carboxylic acids is 2. The zero-order valence-electron chi connectivity index (χ0n) is 14.5. The molecule has 0 bridgehead atoms. The van der Waals surface area contributed by atoms with Gasteiger partial charge in [0.05, 0.1) is 0 Å². The second kappa shape index (κ2) is 10.9. The lowest BCUT2D eigenvalue weighted by molar-refractivity contribution is -0.134. The Kier molecular flexibility index (Phi) is 9.20. The average molecular weight is 369 g/mol. The molecule has 1 heterocycles. The van der Waals surface area contributed by atoms with Crippen molar-refractivity contribution in [3.8, 4) is 0 Å². The fourth-order valence-electron chi connectivity index (χ4n) is 2.64. The number of nitrogens with one attached hydrogen (secondary N) is 1. The monoisotopic (exact) mass is 368 g/mol. The van der Waals surface area contributed by atoms with Crippen LogP contribution in [0.25, 0.3) is 0 Å². The van der Waals surface area contributed by atoms with Crippen molar-refractivity contribution >= 4 is 23.5 Å². The topological polar surface area (TPSA) is 89.9 Å². The van der Waals surface area contributed by atoms with Crippen molar-refractivity contribution in [3.05, 3.63) is 47.0 Å². The molecule has 0 spiro atoms. The van der Waals surface area contributed by atoms with Crippen LogP contribution in [-0.2, 0) is 16.1 Å². The first-order valence-electron chi connectivity index (χ1n) is 8.14. The van der Waals surface area contributed by atoms with Crippen molar-refractivity contribution < 1.29 is 19.8 Å². The molecule has 0 saturated carbocycles. The quantitative estimate of drug-likeness (QED) is 0.669. The summed E-state index contributed by atoms with van der Waals surface area (Å²) in [7, 11) is 0. The lowest BCUT2D eigenvalue weighted by Crippen LogP contribution is -2.41. The van der Waals surface area contributed by atoms with Crippen LogP contribution in [0.2, 0.25) is 5.02 Å². The van der Waals surface area contributed by atoms with Gasteiger partial charge in [-0.2, -0.15) is 0 Å². The van der Waals surface area contributed by atoms with E-state index in [1.807, 2.05) is 12.1 Å². The van der Waals surface area contributed by atoms with Gasteiger partial charge in [0.25, 0.3) is 0 Å². The molecule has 0 unspecified atom stereocenters. The molecule has 1 aliphatic heterocycles. The van der Waals surface area contributed by atoms with Gasteiger partial charge in [0.15, 0.2) is 0 Å². The smallest absolute Gasteiger partial charge is 0.328 e. The SMILES string of the molecule is CC(C)N(Cc1cccc(Cl)c1)[C@H]1CCNC1.O=C(O)C=CC(=O)O. The van der Waals surface area contributed by atoms with Crippen LogP contribution in [0.4, 0.5) is 0 Å². The van der Waals surface area contributed by atoms with E-state index in [0.29, 0.717) is 24.2 Å². The van der Waals surface area contributed by atoms with Crippen LogP contribution < -0.4 is 5.32 Å². The molecule has 1 aromatic carbocycles. The highest BCUT2D eigenvalue weighted by molar-refractivity contribution is 6.30. The van der Waals surface area contributed by atoms with Gasteiger partial charge in [-0.25, -0.2) is 9.59 Å². The molecule has 1 saturated heterocycles. The lowest BCUT2D eigenvalue weighted by Gasteiger charge is -2.32. The predicted octanol–water partition coefficient (Wildman–Crippen LogP) is 2.62. The van der Waals surface area contributed by atoms with E-state index in [2.05, 4.69) is 36.2 Å². The van der Waals surface area contributed by atoms with Gasteiger partial charge in [-0.05, 0) is 44.5 Å². The largest absolute Gasteiger partial charge is 0.478 e. The van der Waals surface area contributed by atoms with E-state index in [9.17, 15) is 9.59 Å². The lowest BCUT2D eigenvalue weighted by atomic mass is 10.1. The fourth-order valence-corrected chi connectivity index (χ4v) is 2.86. The minimum atomic E-state index is -1.26. The number of hydrogen-bond donors (Lipinski definition) is 3. The maximum absolute atomic E-state index is 9.55. The first-order valence-corrected chi connectivity index (χ1v) is 8.52. The van der Waals surface area contributed by atoms with Gasteiger partial charge in [-0.15, -0.1) is 0 Å². The Balaban J connectivity index is 0.000000333. The molecule has 3 N–H and O–H groups in total. The number of hydrogen-bond acceptors (Lipinski definition) is 4. The summed E-state index contributed by atoms with van der Waals surface area (Å²) in [6.07, 6.45) is 2.36. The van der Waals surface area contributed by atoms with Crippen molar-refractivity contribution in [2.75, 3.05) is 13.1 Å². The second-order valence-electron chi connectivity index (χ2n) is 6.05. The van der Waals surface area contributed by atoms with Gasteiger partial charge in [0, 0.05) is 42.3 Å². The highest BCUT2D eigenvalue weighted by Crippen LogP contribution is 2.18. The minimum Gasteiger partial charge on any atom is -0.478 e. The molecule has 7 heteroatoms. The first-order chi connectivity index (χ1) is 11.8. The first kappa shape index (κ1) is 21.2. The molecule has 2 rings (SSSR count). The standard InChI is InChI=1S/C14H21ClN2.C4H4O4/c1-11(2)17(14-6-7-16-9-14)10-12-4-3-5-13(15)8-12;5-3(6)1-2-4(7)8/h3-5,8,11,14,16H,6-7,9-10H2,1-2H3;1-2H,(H,5,6)(H,7,8)/t14-;/m0./s1. The van der Waals surface area contributed by atoms with Crippen LogP contribution in [0.15, 0.2) is 36.4 Å². The van der Waals surface area contributed by atoms with Crippen LogP contribution in [0, 0.1) is 0 Å². The van der Waals surface area contributed by atoms with Gasteiger partial charge < -0.3 is 15.5 Å². The van der Waals surface area contributed by atoms with Crippen LogP contribution in [0.3, 0.4) is 0 Å². The van der Waals surface area contributed by atoms with E-state index in [0.717, 1.165) is 24.7 Å². The van der Waals surface area contributed by atoms with Gasteiger partial charge in [0.2, 0.25) is 0 Å². The van der Waals surface area contributed by atoms with Gasteiger partial charge in [0.1, 0.15) is 0 Å². The third-order valence-corrected chi connectivity index (χ3v) is 4.02. The van der Waals surface area contributed by atoms with Gasteiger partial charge >= 0.3 is 11.9 Å². The van der Waals surface area contributed by atoms with E-state index < -0.39 is 11.9 Å². The Morgan fingerprint density at radius 3 is 2.40 bits per heavy atom. The molecule has 1 atom stereocenters. The van der Waals surface area contributed by atoms with Crippen LogP contribution in [0.5, 0.6) is 0 Å². The van der Waals surface area contributed by atoms with Crippen LogP contribution >= 0.6 is 11.6 Å². The van der Waals surface area contributed by atoms with Crippen LogP contribution in [0.1, 0.15) is 25.8 Å². The number of nitrogens with zero attached hydrogens (tertiary/aromatic N) is 1. The fraction of sp³-hybridized carbons (Fsp3) is 0.444. The molecule has 6 nitrogen and oxygen atoms in total. The number of rotatable bonds is 6. The maximum Gasteiger partial charge on any atom is 0.328 e. The summed E-state index contributed by atoms with van der Waals surface area (Å²) >= 11 is 6.04. The Morgan fingerprint density at radius 1 is 1.32 bits per heavy atom. The maximum atomic E-state index is 9.55. The van der Waals surface area contributed by atoms with E-state index in [4.69, 9.17) is 21.8 Å². The highest BCUT2D eigenvalue weighted by Gasteiger charge is 2.24. The Bertz CT molecular complexity index is 582. The second-order valence-corrected chi connectivity index (χ2v) is 6.49. The summed E-state index contributed by atoms with van der Waals surface area (Å²) in [5, 5.41) is 19.9. The zero-order chi connectivity index (χ0) is 18.8. The number of carbonyl (C=O) groups is 2. The number of carboxylic acid groups (broad SMARTS) is 2. The third-order valence-electron chi connectivity index (χ3n) is 3.79. The van der Waals surface area contributed by atoms with Crippen molar-refractivity contribution in [2.24, 2.45) is 0 Å². The molecule has 0 radical (unpaired) electrons. The summed E-state index contributed by atoms with van der Waals surface area (Å²) < 4.78 is 0. The molecule has 25 heavy (non-hydrogen) atoms. The number of halogens is 1. The summed E-state index contributed by atoms with van der Waals surface area (Å²) in [5.41, 5.74) is 1.30. The highest BCUT2D eigenvalue weighted by atomic mass is 35.5. The van der Waals surface area contributed by atoms with Crippen molar-refractivity contribution in [1.82, 2.24) is 10.2 Å². The van der Waals surface area contributed by atoms with Crippen molar-refractivity contribution in [3.63, 3.8) is 0 Å². The van der Waals surface area contributed by atoms with E-state index >= 15 is 0 Å². The summed E-state index contributed by atoms with van der Waals surface area (Å²) in [6, 6.07) is 9.42. The Hall–Kier alpha value is -1.89. The molecule has 138 valence electrons. The molecule has 1 fully saturated rings. The minimum absolute atomic E-state index is 0.558. The molecular formula is C18H25ClN2O4. The average Bonchev–Trinajstić information content (AvgIpc) is 3.05. The normalized spacial score (nSPS) is 16.9. The predicted molar refractivity (Wildman–Crippen MR) is 97.8 cm³/mol. The molecule has 0 aliphatic carbocycles. The van der Waals surface area contributed by atoms with E-state index in [1.165, 1.54) is 12.0 Å².